The van der Waals surface area contributed by atoms with Gasteiger partial charge in [0.05, 0.1) is 11.4 Å². The normalized spacial score (nSPS) is 15.1. The molecule has 3 rings (SSSR count). The highest BCUT2D eigenvalue weighted by Gasteiger charge is 2.21. The van der Waals surface area contributed by atoms with Gasteiger partial charge in [-0.05, 0) is 43.0 Å². The lowest BCUT2D eigenvalue weighted by atomic mass is 9.97. The maximum absolute atomic E-state index is 12.4. The maximum atomic E-state index is 12.4. The van der Waals surface area contributed by atoms with Gasteiger partial charge in [0.25, 0.3) is 5.91 Å². The van der Waals surface area contributed by atoms with Gasteiger partial charge in [0, 0.05) is 19.7 Å². The summed E-state index contributed by atoms with van der Waals surface area (Å²) in [5, 5.41) is 21.0. The highest BCUT2D eigenvalue weighted by atomic mass is 16.3. The van der Waals surface area contributed by atoms with Gasteiger partial charge >= 0.3 is 0 Å². The first-order valence-corrected chi connectivity index (χ1v) is 8.06. The van der Waals surface area contributed by atoms with E-state index < -0.39 is 0 Å². The van der Waals surface area contributed by atoms with Crippen LogP contribution in [0.15, 0.2) is 36.4 Å². The largest absolute Gasteiger partial charge is 0.396 e. The number of anilines is 2. The number of aromatic amines is 1. The number of nitrogens with one attached hydrogen (secondary N) is 2. The molecule has 6 nitrogen and oxygen atoms in total. The van der Waals surface area contributed by atoms with E-state index in [1.165, 1.54) is 0 Å². The zero-order valence-corrected chi connectivity index (χ0v) is 13.3. The molecule has 6 heteroatoms. The van der Waals surface area contributed by atoms with Crippen LogP contribution in [0.2, 0.25) is 0 Å². The molecule has 0 aliphatic carbocycles. The van der Waals surface area contributed by atoms with E-state index in [2.05, 4.69) is 15.2 Å². The Bertz CT molecular complexity index is 754. The van der Waals surface area contributed by atoms with E-state index in [0.717, 1.165) is 37.3 Å². The number of aliphatic hydroxyl groups is 1. The van der Waals surface area contributed by atoms with Crippen molar-refractivity contribution in [3.05, 3.63) is 47.8 Å². The molecule has 124 valence electrons. The molecular weight excluding hydrogens is 304 g/mol. The molecule has 2 heterocycles. The zero-order valence-electron chi connectivity index (χ0n) is 13.3. The van der Waals surface area contributed by atoms with Gasteiger partial charge < -0.3 is 20.3 Å². The average molecular weight is 324 g/mol. The fourth-order valence-electron chi connectivity index (χ4n) is 2.99. The molecule has 2 aromatic rings. The number of carbonyl (C=O) groups excluding carboxylic acids is 1. The molecule has 1 aliphatic rings. The van der Waals surface area contributed by atoms with Crippen LogP contribution < -0.4 is 10.2 Å². The molecule has 0 spiro atoms. The Morgan fingerprint density at radius 2 is 2.04 bits per heavy atom. The van der Waals surface area contributed by atoms with Crippen LogP contribution in [-0.2, 0) is 0 Å². The maximum Gasteiger partial charge on any atom is 0.272 e. The number of rotatable bonds is 4. The molecular formula is C18H20N4O2. The molecule has 0 saturated carbocycles. The Labute approximate surface area is 140 Å². The topological polar surface area (TPSA) is 92.2 Å². The smallest absolute Gasteiger partial charge is 0.272 e. The first-order chi connectivity index (χ1) is 11.7. The Balaban J connectivity index is 1.75. The minimum Gasteiger partial charge on any atom is -0.396 e. The second-order valence-corrected chi connectivity index (χ2v) is 5.98. The third-order valence-electron chi connectivity index (χ3n) is 4.42. The third kappa shape index (κ3) is 3.42. The first-order valence-electron chi connectivity index (χ1n) is 8.06. The summed E-state index contributed by atoms with van der Waals surface area (Å²) in [5.74, 6) is 0.0977. The van der Waals surface area contributed by atoms with Crippen molar-refractivity contribution in [2.24, 2.45) is 5.92 Å². The average Bonchev–Trinajstić information content (AvgIpc) is 3.12. The number of para-hydroxylation sites is 2. The van der Waals surface area contributed by atoms with Crippen molar-refractivity contribution < 1.29 is 9.90 Å². The number of benzene rings is 1. The lowest BCUT2D eigenvalue weighted by Crippen LogP contribution is -2.35. The van der Waals surface area contributed by atoms with Crippen molar-refractivity contribution >= 4 is 17.3 Å². The van der Waals surface area contributed by atoms with Crippen molar-refractivity contribution in [1.29, 1.82) is 5.26 Å². The molecule has 0 radical (unpaired) electrons. The van der Waals surface area contributed by atoms with E-state index in [1.54, 1.807) is 12.1 Å². The van der Waals surface area contributed by atoms with Gasteiger partial charge in [-0.1, -0.05) is 12.1 Å². The molecule has 1 fully saturated rings. The SMILES string of the molecule is N#Cc1ccc(C(=O)Nc2ccccc2N2CCC(CO)CC2)[nH]1. The van der Waals surface area contributed by atoms with Gasteiger partial charge in [0.1, 0.15) is 17.5 Å². The number of H-pyrrole nitrogens is 1. The molecule has 0 atom stereocenters. The van der Waals surface area contributed by atoms with Crippen molar-refractivity contribution in [1.82, 2.24) is 4.98 Å². The van der Waals surface area contributed by atoms with Crippen LogP contribution >= 0.6 is 0 Å². The quantitative estimate of drug-likeness (QED) is 0.805. The van der Waals surface area contributed by atoms with Gasteiger partial charge in [-0.2, -0.15) is 5.26 Å². The lowest BCUT2D eigenvalue weighted by Gasteiger charge is -2.34. The van der Waals surface area contributed by atoms with Crippen LogP contribution in [0.4, 0.5) is 11.4 Å². The molecule has 1 aromatic carbocycles. The second-order valence-electron chi connectivity index (χ2n) is 5.98. The van der Waals surface area contributed by atoms with Crippen LogP contribution in [0.3, 0.4) is 0 Å². The summed E-state index contributed by atoms with van der Waals surface area (Å²) in [7, 11) is 0. The number of aromatic nitrogens is 1. The fraction of sp³-hybridized carbons (Fsp3) is 0.333. The molecule has 1 aromatic heterocycles. The van der Waals surface area contributed by atoms with E-state index >= 15 is 0 Å². The molecule has 0 unspecified atom stereocenters. The Morgan fingerprint density at radius 3 is 2.71 bits per heavy atom. The number of nitriles is 1. The summed E-state index contributed by atoms with van der Waals surface area (Å²) in [6.07, 6.45) is 1.89. The summed E-state index contributed by atoms with van der Waals surface area (Å²) in [4.78, 5) is 17.4. The van der Waals surface area contributed by atoms with Crippen molar-refractivity contribution in [2.45, 2.75) is 12.8 Å². The Morgan fingerprint density at radius 1 is 1.29 bits per heavy atom. The van der Waals surface area contributed by atoms with Crippen molar-refractivity contribution in [3.8, 4) is 6.07 Å². The van der Waals surface area contributed by atoms with Crippen LogP contribution in [0.25, 0.3) is 0 Å². The minimum absolute atomic E-state index is 0.236. The first kappa shape index (κ1) is 16.1. The van der Waals surface area contributed by atoms with Gasteiger partial charge in [-0.3, -0.25) is 4.79 Å². The predicted molar refractivity (Wildman–Crippen MR) is 91.9 cm³/mol. The number of nitrogens with zero attached hydrogens (tertiary/aromatic N) is 2. The van der Waals surface area contributed by atoms with E-state index in [4.69, 9.17) is 5.26 Å². The summed E-state index contributed by atoms with van der Waals surface area (Å²) in [6, 6.07) is 12.9. The standard InChI is InChI=1S/C18H20N4O2/c19-11-14-5-6-16(20-14)18(24)21-15-3-1-2-4-17(15)22-9-7-13(12-23)8-10-22/h1-6,13,20,23H,7-10,12H2,(H,21,24). The molecule has 3 N–H and O–H groups in total. The van der Waals surface area contributed by atoms with Crippen molar-refractivity contribution in [2.75, 3.05) is 29.9 Å². The molecule has 0 bridgehead atoms. The van der Waals surface area contributed by atoms with Gasteiger partial charge in [0.2, 0.25) is 0 Å². The lowest BCUT2D eigenvalue weighted by molar-refractivity contribution is 0.102. The number of hydrogen-bond donors (Lipinski definition) is 3. The Hall–Kier alpha value is -2.78. The number of amides is 1. The number of hydrogen-bond acceptors (Lipinski definition) is 4. The van der Waals surface area contributed by atoms with E-state index in [1.807, 2.05) is 30.3 Å². The van der Waals surface area contributed by atoms with Gasteiger partial charge in [-0.25, -0.2) is 0 Å². The highest BCUT2D eigenvalue weighted by Crippen LogP contribution is 2.30. The third-order valence-corrected chi connectivity index (χ3v) is 4.42. The summed E-state index contributed by atoms with van der Waals surface area (Å²) in [6.45, 7) is 1.96. The predicted octanol–water partition coefficient (Wildman–Crippen LogP) is 2.35. The van der Waals surface area contributed by atoms with Crippen LogP contribution in [0.1, 0.15) is 29.0 Å². The molecule has 1 aliphatic heterocycles. The highest BCUT2D eigenvalue weighted by molar-refractivity contribution is 6.04. The molecule has 1 saturated heterocycles. The van der Waals surface area contributed by atoms with Crippen LogP contribution in [0, 0.1) is 17.2 Å². The van der Waals surface area contributed by atoms with E-state index in [-0.39, 0.29) is 12.5 Å². The number of aliphatic hydroxyl groups excluding tert-OH is 1. The van der Waals surface area contributed by atoms with E-state index in [0.29, 0.717) is 17.3 Å². The van der Waals surface area contributed by atoms with E-state index in [9.17, 15) is 9.90 Å². The summed E-state index contributed by atoms with van der Waals surface area (Å²) >= 11 is 0. The Kier molecular flexibility index (Phi) is 4.82. The number of carbonyl (C=O) groups is 1. The minimum atomic E-state index is -0.269. The number of piperidine rings is 1. The van der Waals surface area contributed by atoms with Crippen LogP contribution in [-0.4, -0.2) is 35.7 Å². The van der Waals surface area contributed by atoms with Crippen LogP contribution in [0.5, 0.6) is 0 Å². The fourth-order valence-corrected chi connectivity index (χ4v) is 2.99. The monoisotopic (exact) mass is 324 g/mol. The second kappa shape index (κ2) is 7.20. The molecule has 24 heavy (non-hydrogen) atoms. The molecule has 1 amide bonds. The summed E-state index contributed by atoms with van der Waals surface area (Å²) in [5.41, 5.74) is 2.45. The summed E-state index contributed by atoms with van der Waals surface area (Å²) < 4.78 is 0. The van der Waals surface area contributed by atoms with Gasteiger partial charge in [0.15, 0.2) is 0 Å². The van der Waals surface area contributed by atoms with Crippen molar-refractivity contribution in [3.63, 3.8) is 0 Å². The van der Waals surface area contributed by atoms with Gasteiger partial charge in [-0.15, -0.1) is 0 Å². The zero-order chi connectivity index (χ0) is 16.9.